The highest BCUT2D eigenvalue weighted by Gasteiger charge is 2.19. The summed E-state index contributed by atoms with van der Waals surface area (Å²) in [5, 5.41) is 0. The maximum Gasteiger partial charge on any atom is 0.306 e. The van der Waals surface area contributed by atoms with Crippen LogP contribution in [0.5, 0.6) is 0 Å². The molecule has 0 aliphatic heterocycles. The predicted octanol–water partition coefficient (Wildman–Crippen LogP) is 17.6. The first kappa shape index (κ1) is 62.3. The molecule has 374 valence electrons. The second-order valence-electron chi connectivity index (χ2n) is 16.7. The Balaban J connectivity index is 4.43. The molecule has 67 heavy (non-hydrogen) atoms. The fourth-order valence-corrected chi connectivity index (χ4v) is 6.47. The van der Waals surface area contributed by atoms with Gasteiger partial charge >= 0.3 is 17.9 Å². The summed E-state index contributed by atoms with van der Waals surface area (Å²) in [6.07, 6.45) is 77.2. The fraction of sp³-hybridized carbons (Fsp3) is 0.557. The van der Waals surface area contributed by atoms with Crippen LogP contribution in [0.4, 0.5) is 0 Å². The van der Waals surface area contributed by atoms with E-state index in [1.54, 1.807) is 0 Å². The molecule has 0 radical (unpaired) electrons. The molecule has 0 amide bonds. The van der Waals surface area contributed by atoms with Gasteiger partial charge in [-0.3, -0.25) is 14.4 Å². The summed E-state index contributed by atoms with van der Waals surface area (Å²) in [6, 6.07) is 0. The van der Waals surface area contributed by atoms with Gasteiger partial charge in [-0.1, -0.05) is 218 Å². The average molecular weight is 923 g/mol. The molecule has 0 fully saturated rings. The number of hydrogen-bond donors (Lipinski definition) is 0. The number of carbonyl (C=O) groups is 3. The van der Waals surface area contributed by atoms with Crippen molar-refractivity contribution in [2.45, 2.75) is 207 Å². The molecule has 6 heteroatoms. The zero-order valence-electron chi connectivity index (χ0n) is 42.6. The van der Waals surface area contributed by atoms with Crippen molar-refractivity contribution in [1.82, 2.24) is 0 Å². The number of rotatable bonds is 45. The third-order valence-corrected chi connectivity index (χ3v) is 10.4. The second-order valence-corrected chi connectivity index (χ2v) is 16.7. The van der Waals surface area contributed by atoms with Crippen LogP contribution >= 0.6 is 0 Å². The molecule has 0 aromatic rings. The Kier molecular flexibility index (Phi) is 50.1. The maximum atomic E-state index is 12.7. The second kappa shape index (κ2) is 53.9. The summed E-state index contributed by atoms with van der Waals surface area (Å²) in [5.41, 5.74) is 0. The Bertz CT molecular complexity index is 1530. The third kappa shape index (κ3) is 52.1. The average Bonchev–Trinajstić information content (AvgIpc) is 3.33. The molecule has 6 nitrogen and oxygen atoms in total. The zero-order chi connectivity index (χ0) is 48.6. The van der Waals surface area contributed by atoms with Gasteiger partial charge in [0.2, 0.25) is 0 Å². The van der Waals surface area contributed by atoms with Crippen LogP contribution in [-0.2, 0) is 28.6 Å². The minimum atomic E-state index is -0.837. The van der Waals surface area contributed by atoms with Crippen molar-refractivity contribution >= 4 is 17.9 Å². The molecule has 0 N–H and O–H groups in total. The number of hydrogen-bond acceptors (Lipinski definition) is 6. The van der Waals surface area contributed by atoms with Gasteiger partial charge in [-0.2, -0.15) is 0 Å². The standard InChI is InChI=1S/C61H94O6/c1-4-7-10-13-16-19-21-23-24-25-26-27-28-29-30-31-32-33-34-35-36-38-39-42-45-48-51-54-60(63)66-57-58(56-65-59(62)53-50-47-44-41-18-15-12-9-6-3)67-61(64)55-52-49-46-43-40-37-22-20-17-14-11-8-5-2/h7-8,10-11,16-17,19-20,23-24,26-27,29-30,32-33,35-37,39-40,42,46,49,58H,4-6,9,12-15,18,21-22,25,28,31,34,38,41,43-45,47-48,50-57H2,1-3H3/b10-7-,11-8-,19-16-,20-17-,24-23-,27-26-,30-29-,33-32-,36-35-,40-37-,42-39-,49-46-. The van der Waals surface area contributed by atoms with Crippen molar-refractivity contribution in [1.29, 1.82) is 0 Å². The number of allylic oxidation sites excluding steroid dienone is 24. The molecule has 0 rings (SSSR count). The largest absolute Gasteiger partial charge is 0.462 e. The predicted molar refractivity (Wildman–Crippen MR) is 288 cm³/mol. The van der Waals surface area contributed by atoms with Crippen LogP contribution in [0, 0.1) is 0 Å². The third-order valence-electron chi connectivity index (χ3n) is 10.4. The number of carbonyl (C=O) groups excluding carboxylic acids is 3. The number of unbranched alkanes of at least 4 members (excludes halogenated alkanes) is 10. The molecule has 0 aromatic carbocycles. The highest BCUT2D eigenvalue weighted by molar-refractivity contribution is 5.71. The molecule has 0 aliphatic rings. The lowest BCUT2D eigenvalue weighted by Crippen LogP contribution is -2.30. The molecule has 1 atom stereocenters. The van der Waals surface area contributed by atoms with Crippen molar-refractivity contribution < 1.29 is 28.6 Å². The van der Waals surface area contributed by atoms with Crippen LogP contribution in [0.3, 0.4) is 0 Å². The number of esters is 3. The van der Waals surface area contributed by atoms with E-state index < -0.39 is 12.1 Å². The lowest BCUT2D eigenvalue weighted by molar-refractivity contribution is -0.166. The summed E-state index contributed by atoms with van der Waals surface area (Å²) in [5.74, 6) is -1.07. The first-order valence-electron chi connectivity index (χ1n) is 26.3. The molecule has 1 unspecified atom stereocenters. The minimum absolute atomic E-state index is 0.125. The van der Waals surface area contributed by atoms with Gasteiger partial charge in [-0.25, -0.2) is 0 Å². The molecule has 0 aromatic heterocycles. The van der Waals surface area contributed by atoms with E-state index in [0.717, 1.165) is 109 Å². The first-order valence-corrected chi connectivity index (χ1v) is 26.3. The van der Waals surface area contributed by atoms with Crippen LogP contribution in [0.2, 0.25) is 0 Å². The molecule has 0 saturated heterocycles. The van der Waals surface area contributed by atoms with Crippen LogP contribution in [-0.4, -0.2) is 37.2 Å². The molecule has 0 spiro atoms. The highest BCUT2D eigenvalue weighted by Crippen LogP contribution is 2.12. The van der Waals surface area contributed by atoms with Gasteiger partial charge in [0.05, 0.1) is 0 Å². The Morgan fingerprint density at radius 1 is 0.313 bits per heavy atom. The first-order chi connectivity index (χ1) is 33.0. The molecular formula is C61H94O6. The normalized spacial score (nSPS) is 13.3. The van der Waals surface area contributed by atoms with E-state index in [4.69, 9.17) is 14.2 Å². The summed E-state index contributed by atoms with van der Waals surface area (Å²) in [6.45, 7) is 6.26. The minimum Gasteiger partial charge on any atom is -0.462 e. The van der Waals surface area contributed by atoms with Crippen molar-refractivity contribution in [3.8, 4) is 0 Å². The summed E-state index contributed by atoms with van der Waals surface area (Å²) in [7, 11) is 0. The van der Waals surface area contributed by atoms with E-state index in [2.05, 4.69) is 154 Å². The van der Waals surface area contributed by atoms with E-state index in [1.807, 2.05) is 12.2 Å². The quantitative estimate of drug-likeness (QED) is 0.0262. The van der Waals surface area contributed by atoms with Gasteiger partial charge in [-0.05, 0) is 109 Å². The molecular weight excluding hydrogens is 829 g/mol. The van der Waals surface area contributed by atoms with Gasteiger partial charge in [0.1, 0.15) is 13.2 Å². The van der Waals surface area contributed by atoms with Crippen molar-refractivity contribution in [2.24, 2.45) is 0 Å². The van der Waals surface area contributed by atoms with Gasteiger partial charge in [0.15, 0.2) is 6.10 Å². The van der Waals surface area contributed by atoms with E-state index in [0.29, 0.717) is 19.3 Å². The van der Waals surface area contributed by atoms with E-state index >= 15 is 0 Å². The lowest BCUT2D eigenvalue weighted by atomic mass is 10.1. The van der Waals surface area contributed by atoms with E-state index in [1.165, 1.54) is 38.5 Å². The van der Waals surface area contributed by atoms with Crippen LogP contribution in [0.1, 0.15) is 201 Å². The highest BCUT2D eigenvalue weighted by atomic mass is 16.6. The Hall–Kier alpha value is -4.71. The zero-order valence-corrected chi connectivity index (χ0v) is 42.6. The van der Waals surface area contributed by atoms with E-state index in [9.17, 15) is 14.4 Å². The fourth-order valence-electron chi connectivity index (χ4n) is 6.47. The van der Waals surface area contributed by atoms with Gasteiger partial charge in [-0.15, -0.1) is 0 Å². The molecule has 0 saturated carbocycles. The van der Waals surface area contributed by atoms with Gasteiger partial charge in [0, 0.05) is 19.3 Å². The number of ether oxygens (including phenoxy) is 3. The summed E-state index contributed by atoms with van der Waals surface area (Å²) < 4.78 is 16.6. The van der Waals surface area contributed by atoms with Crippen LogP contribution < -0.4 is 0 Å². The summed E-state index contributed by atoms with van der Waals surface area (Å²) >= 11 is 0. The molecule has 0 aliphatic carbocycles. The van der Waals surface area contributed by atoms with Gasteiger partial charge in [0.25, 0.3) is 0 Å². The smallest absolute Gasteiger partial charge is 0.306 e. The monoisotopic (exact) mass is 923 g/mol. The van der Waals surface area contributed by atoms with Crippen molar-refractivity contribution in [3.05, 3.63) is 146 Å². The van der Waals surface area contributed by atoms with Crippen molar-refractivity contribution in [2.75, 3.05) is 13.2 Å². The Labute approximate surface area is 410 Å². The van der Waals surface area contributed by atoms with Crippen LogP contribution in [0.15, 0.2) is 146 Å². The topological polar surface area (TPSA) is 78.9 Å². The summed E-state index contributed by atoms with van der Waals surface area (Å²) in [4.78, 5) is 37.8. The Morgan fingerprint density at radius 2 is 0.612 bits per heavy atom. The lowest BCUT2D eigenvalue weighted by Gasteiger charge is -2.18. The maximum absolute atomic E-state index is 12.7. The van der Waals surface area contributed by atoms with E-state index in [-0.39, 0.29) is 38.0 Å². The molecule has 0 heterocycles. The Morgan fingerprint density at radius 3 is 0.970 bits per heavy atom. The van der Waals surface area contributed by atoms with Crippen molar-refractivity contribution in [3.63, 3.8) is 0 Å². The van der Waals surface area contributed by atoms with Gasteiger partial charge < -0.3 is 14.2 Å². The van der Waals surface area contributed by atoms with Crippen LogP contribution in [0.25, 0.3) is 0 Å². The SMILES string of the molecule is CC/C=C\C/C=C\C/C=C\C/C=C\C/C=C\C/C=C\C/C=C\C/C=C\CCCCC(=O)OCC(COC(=O)CCCCCCCCCCC)OC(=O)CC/C=C\C/C=C\C/C=C\C/C=C\CC. The molecule has 0 bridgehead atoms.